The molecule has 0 radical (unpaired) electrons. The van der Waals surface area contributed by atoms with Crippen LogP contribution in [0.15, 0.2) is 138 Å². The summed E-state index contributed by atoms with van der Waals surface area (Å²) in [5.74, 6) is -2.74. The van der Waals surface area contributed by atoms with Gasteiger partial charge in [-0.2, -0.15) is 0 Å². The second-order valence-corrected chi connectivity index (χ2v) is 31.1. The van der Waals surface area contributed by atoms with Crippen LogP contribution < -0.4 is 21.3 Å². The standard InChI is InChI=1S/C29H35FN6O5S.C18H17BrFN3O2S.C18H18FN3O2S.C11H19N3O3.ClH/c1-5-41-26(37)22-21(15-34-10-11-36-18(13-34)14-35(28(36)40)16-29(3,4)27(38)39)32-24(25-31-9-12-42-25)33-23(22)19-7-6-8-20(30)17(19)2;1-3-25-18(24)14-13(9-19)22-16(17-21-7-8-26-17)23-15(14)11-5-4-6-12(20)10(11)2;1-4-24-18(23)14-11(3)21-16(17-20-8-9-25-17)22-15(14)12-6-5-7-13(19)10(12)2;1-11(2,9(15)16)7-13-6-8-5-12-3-4-14(8)10(13)17;/h6-9,12,18,23H,5,10-11,13-16H2,1-4H3,(H,32,33)(H,38,39);4-8,15H,3,9H2,1-2H3,(H,22,23);5-9,15H,4H2,1-3H3,(H,21,22);8,12H,3-7H2,1-2H3,(H,15,16);1H/t18-,23-;2*15-;8-;/m0000./s1. The summed E-state index contributed by atoms with van der Waals surface area (Å²) in [5, 5.41) is 39.5. The lowest BCUT2D eigenvalue weighted by atomic mass is 9.92. The number of nitrogens with zero attached hydrogens (tertiary/aromatic N) is 11. The molecule has 27 nitrogen and oxygen atoms in total. The number of carboxylic acid groups (broad SMARTS) is 2. The Morgan fingerprint density at radius 1 is 0.550 bits per heavy atom. The van der Waals surface area contributed by atoms with E-state index in [1.54, 1.807) is 146 Å². The molecule has 13 rings (SSSR count). The summed E-state index contributed by atoms with van der Waals surface area (Å²) < 4.78 is 58.8. The second kappa shape index (κ2) is 37.7. The number of aliphatic carboxylic acids is 2. The molecule has 6 aromatic rings. The van der Waals surface area contributed by atoms with Gasteiger partial charge in [-0.25, -0.2) is 52.1 Å². The number of amides is 4. The Morgan fingerprint density at radius 2 is 0.937 bits per heavy atom. The van der Waals surface area contributed by atoms with E-state index in [-0.39, 0.29) is 86.9 Å². The molecule has 0 saturated carbocycles. The first kappa shape index (κ1) is 85.5. The average Bonchev–Trinajstić information content (AvgIpc) is 1.23. The van der Waals surface area contributed by atoms with Gasteiger partial charge in [0.25, 0.3) is 0 Å². The number of allylic oxidation sites excluding steroid dienone is 2. The minimum absolute atomic E-state index is 0. The fourth-order valence-electron chi connectivity index (χ4n) is 13.5. The molecule has 0 aliphatic carbocycles. The maximum absolute atomic E-state index is 14.7. The molecule has 5 atom stereocenters. The van der Waals surface area contributed by atoms with Crippen molar-refractivity contribution in [3.05, 3.63) is 189 Å². The Hall–Kier alpha value is -9.45. The molecular formula is C76H90BrClF3N15O12S3. The number of nitrogens with one attached hydrogen (secondary N) is 4. The number of thiazole rings is 3. The summed E-state index contributed by atoms with van der Waals surface area (Å²) in [6, 6.07) is 12.1. The summed E-state index contributed by atoms with van der Waals surface area (Å²) in [6.45, 7) is 24.9. The van der Waals surface area contributed by atoms with Crippen molar-refractivity contribution >= 4 is 122 Å². The van der Waals surface area contributed by atoms with E-state index >= 15 is 0 Å². The minimum Gasteiger partial charge on any atom is -0.481 e. The van der Waals surface area contributed by atoms with Crippen molar-refractivity contribution in [2.45, 2.75) is 106 Å². The molecule has 111 heavy (non-hydrogen) atoms. The van der Waals surface area contributed by atoms with Gasteiger partial charge in [0.05, 0.1) is 59.5 Å². The predicted molar refractivity (Wildman–Crippen MR) is 422 cm³/mol. The van der Waals surface area contributed by atoms with Crippen LogP contribution in [0.1, 0.15) is 122 Å². The number of carbonyl (C=O) groups is 7. The number of urea groups is 2. The van der Waals surface area contributed by atoms with Gasteiger partial charge in [-0.3, -0.25) is 29.5 Å². The molecule has 3 aromatic carbocycles. The zero-order chi connectivity index (χ0) is 79.5. The van der Waals surface area contributed by atoms with Crippen LogP contribution in [0.4, 0.5) is 22.8 Å². The normalized spacial score (nSPS) is 19.7. The molecule has 0 unspecified atom stereocenters. The highest BCUT2D eigenvalue weighted by Gasteiger charge is 2.46. The van der Waals surface area contributed by atoms with Crippen LogP contribution in [0.5, 0.6) is 0 Å². The van der Waals surface area contributed by atoms with Crippen molar-refractivity contribution in [2.24, 2.45) is 25.8 Å². The summed E-state index contributed by atoms with van der Waals surface area (Å²) in [4.78, 5) is 123. The Kier molecular flexibility index (Phi) is 29.1. The molecule has 6 N–H and O–H groups in total. The van der Waals surface area contributed by atoms with Gasteiger partial charge in [0.1, 0.15) is 35.6 Å². The van der Waals surface area contributed by atoms with E-state index in [0.717, 1.165) is 13.1 Å². The van der Waals surface area contributed by atoms with E-state index in [1.807, 2.05) is 21.0 Å². The van der Waals surface area contributed by atoms with Gasteiger partial charge >= 0.3 is 41.9 Å². The number of carbonyl (C=O) groups excluding carboxylic acids is 5. The maximum Gasteiger partial charge on any atom is 0.338 e. The summed E-state index contributed by atoms with van der Waals surface area (Å²) >= 11 is 7.69. The maximum atomic E-state index is 14.7. The first-order valence-electron chi connectivity index (χ1n) is 35.7. The number of ether oxygens (including phenoxy) is 3. The van der Waals surface area contributed by atoms with Crippen molar-refractivity contribution in [1.82, 2.24) is 60.7 Å². The topological polar surface area (TPSA) is 328 Å². The van der Waals surface area contributed by atoms with Gasteiger partial charge in [0, 0.05) is 129 Å². The number of amidine groups is 3. The van der Waals surface area contributed by atoms with Crippen molar-refractivity contribution in [3.63, 3.8) is 0 Å². The zero-order valence-electron chi connectivity index (χ0n) is 63.2. The molecule has 35 heteroatoms. The molecule has 4 saturated heterocycles. The minimum atomic E-state index is -1.06. The van der Waals surface area contributed by atoms with E-state index in [0.29, 0.717) is 151 Å². The lowest BCUT2D eigenvalue weighted by molar-refractivity contribution is -0.148. The summed E-state index contributed by atoms with van der Waals surface area (Å²) in [7, 11) is 0. The van der Waals surface area contributed by atoms with Gasteiger partial charge in [0.15, 0.2) is 32.5 Å². The van der Waals surface area contributed by atoms with Crippen molar-refractivity contribution in [2.75, 3.05) is 97.1 Å². The largest absolute Gasteiger partial charge is 0.481 e. The number of carboxylic acids is 2. The van der Waals surface area contributed by atoms with Crippen LogP contribution in [-0.2, 0) is 38.2 Å². The Balaban J connectivity index is 0.000000179. The number of aliphatic imine (C=N–C) groups is 3. The first-order chi connectivity index (χ1) is 52.5. The van der Waals surface area contributed by atoms with Crippen LogP contribution in [0.2, 0.25) is 0 Å². The molecule has 4 fully saturated rings. The fourth-order valence-corrected chi connectivity index (χ4v) is 15.7. The number of piperazine rings is 2. The lowest BCUT2D eigenvalue weighted by Crippen LogP contribution is -2.53. The molecule has 7 aliphatic heterocycles. The molecule has 3 aromatic heterocycles. The van der Waals surface area contributed by atoms with Crippen LogP contribution in [0, 0.1) is 49.1 Å². The number of hydrogen-bond donors (Lipinski definition) is 6. The molecule has 4 amide bonds. The van der Waals surface area contributed by atoms with E-state index in [2.05, 4.69) is 67.0 Å². The molecule has 0 spiro atoms. The molecule has 0 bridgehead atoms. The highest BCUT2D eigenvalue weighted by Crippen LogP contribution is 2.40. The van der Waals surface area contributed by atoms with Gasteiger partial charge in [-0.15, -0.1) is 46.4 Å². The van der Waals surface area contributed by atoms with Gasteiger partial charge < -0.3 is 65.3 Å². The van der Waals surface area contributed by atoms with E-state index in [4.69, 9.17) is 24.3 Å². The Bertz CT molecular complexity index is 4620. The highest BCUT2D eigenvalue weighted by atomic mass is 79.9. The molecular weight excluding hydrogens is 1580 g/mol. The van der Waals surface area contributed by atoms with E-state index in [1.165, 1.54) is 52.2 Å². The number of halogens is 5. The molecule has 7 aliphatic rings. The molecule has 10 heterocycles. The third kappa shape index (κ3) is 19.7. The van der Waals surface area contributed by atoms with E-state index in [9.17, 15) is 51.8 Å². The third-order valence-corrected chi connectivity index (χ3v) is 22.3. The number of esters is 3. The van der Waals surface area contributed by atoms with Gasteiger partial charge in [-0.1, -0.05) is 52.3 Å². The highest BCUT2D eigenvalue weighted by molar-refractivity contribution is 9.09. The van der Waals surface area contributed by atoms with E-state index < -0.39 is 58.8 Å². The van der Waals surface area contributed by atoms with Crippen molar-refractivity contribution < 1.29 is 71.2 Å². The van der Waals surface area contributed by atoms with Crippen LogP contribution in [-0.4, -0.2) is 218 Å². The zero-order valence-corrected chi connectivity index (χ0v) is 68.0. The number of fused-ring (bicyclic) bond motifs is 2. The smallest absolute Gasteiger partial charge is 0.338 e. The summed E-state index contributed by atoms with van der Waals surface area (Å²) in [5.41, 5.74) is 4.11. The van der Waals surface area contributed by atoms with Gasteiger partial charge in [-0.05, 0) is 128 Å². The second-order valence-electron chi connectivity index (χ2n) is 27.8. The fraction of sp³-hybridized carbons (Fsp3) is 0.434. The lowest BCUT2D eigenvalue weighted by Gasteiger charge is -2.38. The summed E-state index contributed by atoms with van der Waals surface area (Å²) in [6.07, 6.45) is 5.04. The number of benzene rings is 3. The SMILES string of the molecule is CC(C)(CN1C[C@@H]2CNCCN2C1=O)C(=O)O.CCOC(=O)C1=C(C)NC(c2nccs2)=N[C@H]1c1cccc(F)c1C.CCOC(=O)C1=C(CBr)NC(c2nccs2)=N[C@H]1c1cccc(F)c1C.CCOC(=O)C1=C(CN2CCN3C(=O)N(CC(C)(C)C(=O)O)C[C@@H]3C2)NC(c2nccs2)=N[C@H]1c1cccc(F)c1C.Cl. The first-order valence-corrected chi connectivity index (χ1v) is 39.5. The van der Waals surface area contributed by atoms with Gasteiger partial charge in [0.2, 0.25) is 0 Å². The van der Waals surface area contributed by atoms with Crippen molar-refractivity contribution in [1.29, 1.82) is 0 Å². The van der Waals surface area contributed by atoms with Crippen LogP contribution in [0.25, 0.3) is 0 Å². The third-order valence-electron chi connectivity index (χ3n) is 19.4. The Morgan fingerprint density at radius 3 is 1.33 bits per heavy atom. The number of rotatable bonds is 21. The number of alkyl halides is 1. The van der Waals surface area contributed by atoms with Crippen molar-refractivity contribution in [3.8, 4) is 0 Å². The number of hydrogen-bond acceptors (Lipinski definition) is 24. The monoisotopic (exact) mass is 1670 g/mol. The average molecular weight is 1670 g/mol. The quantitative estimate of drug-likeness (QED) is 0.0221. The Labute approximate surface area is 667 Å². The predicted octanol–water partition coefficient (Wildman–Crippen LogP) is 10.7. The molecule has 594 valence electrons. The number of aromatic nitrogens is 3. The van der Waals surface area contributed by atoms with Crippen LogP contribution in [0.3, 0.4) is 0 Å². The van der Waals surface area contributed by atoms with Crippen LogP contribution >= 0.6 is 62.3 Å².